The lowest BCUT2D eigenvalue weighted by atomic mass is 10.2. The van der Waals surface area contributed by atoms with E-state index in [1.807, 2.05) is 56.3 Å². The first-order chi connectivity index (χ1) is 13.4. The highest BCUT2D eigenvalue weighted by molar-refractivity contribution is 8.18. The molecule has 2 aromatic rings. The number of thioether (sulfide) groups is 1. The Morgan fingerprint density at radius 1 is 1.18 bits per heavy atom. The van der Waals surface area contributed by atoms with Crippen LogP contribution in [0.15, 0.2) is 52.4 Å². The van der Waals surface area contributed by atoms with Crippen LogP contribution >= 0.6 is 23.4 Å². The Bertz CT molecular complexity index is 956. The topological polar surface area (TPSA) is 51.1 Å². The Balaban J connectivity index is 1.89. The molecule has 1 aliphatic heterocycles. The number of hydrogen-bond acceptors (Lipinski definition) is 5. The van der Waals surface area contributed by atoms with E-state index in [0.717, 1.165) is 5.56 Å². The van der Waals surface area contributed by atoms with Gasteiger partial charge in [0.1, 0.15) is 0 Å². The van der Waals surface area contributed by atoms with E-state index in [4.69, 9.17) is 21.1 Å². The predicted octanol–water partition coefficient (Wildman–Crippen LogP) is 5.37. The van der Waals surface area contributed by atoms with Crippen LogP contribution in [-0.2, 0) is 4.79 Å². The SMILES string of the molecule is COc1cc(/C=C2/SC(=Nc3ccccc3Cl)N(C)C2=O)ccc1OC(C)C. The maximum atomic E-state index is 12.6. The molecule has 1 aliphatic rings. The fourth-order valence-corrected chi connectivity index (χ4v) is 3.73. The number of amidine groups is 1. The number of carbonyl (C=O) groups excluding carboxylic acids is 1. The number of hydrogen-bond donors (Lipinski definition) is 0. The Morgan fingerprint density at radius 2 is 1.93 bits per heavy atom. The minimum Gasteiger partial charge on any atom is -0.493 e. The summed E-state index contributed by atoms with van der Waals surface area (Å²) in [5.41, 5.74) is 1.47. The van der Waals surface area contributed by atoms with E-state index in [1.54, 1.807) is 20.2 Å². The minimum absolute atomic E-state index is 0.0438. The van der Waals surface area contributed by atoms with Crippen LogP contribution in [0.1, 0.15) is 19.4 Å². The fraction of sp³-hybridized carbons (Fsp3) is 0.238. The molecule has 1 amide bonds. The second-order valence-electron chi connectivity index (χ2n) is 6.40. The van der Waals surface area contributed by atoms with Gasteiger partial charge in [0.2, 0.25) is 0 Å². The van der Waals surface area contributed by atoms with E-state index in [-0.39, 0.29) is 12.0 Å². The Labute approximate surface area is 174 Å². The van der Waals surface area contributed by atoms with E-state index in [9.17, 15) is 4.79 Å². The molecule has 0 spiro atoms. The van der Waals surface area contributed by atoms with Gasteiger partial charge in [-0.05, 0) is 61.5 Å². The van der Waals surface area contributed by atoms with Gasteiger partial charge in [-0.1, -0.05) is 29.8 Å². The highest BCUT2D eigenvalue weighted by Crippen LogP contribution is 2.36. The van der Waals surface area contributed by atoms with Gasteiger partial charge in [0, 0.05) is 7.05 Å². The molecule has 0 unspecified atom stereocenters. The molecule has 0 aliphatic carbocycles. The number of ether oxygens (including phenoxy) is 2. The van der Waals surface area contributed by atoms with Crippen molar-refractivity contribution in [2.24, 2.45) is 4.99 Å². The molecule has 0 radical (unpaired) electrons. The van der Waals surface area contributed by atoms with Crippen LogP contribution in [0.25, 0.3) is 6.08 Å². The Hall–Kier alpha value is -2.44. The van der Waals surface area contributed by atoms with Crippen molar-refractivity contribution in [1.82, 2.24) is 4.90 Å². The molecule has 1 fully saturated rings. The van der Waals surface area contributed by atoms with Crippen molar-refractivity contribution >= 4 is 46.2 Å². The molecule has 1 saturated heterocycles. The van der Waals surface area contributed by atoms with E-state index < -0.39 is 0 Å². The van der Waals surface area contributed by atoms with Crippen molar-refractivity contribution in [3.63, 3.8) is 0 Å². The quantitative estimate of drug-likeness (QED) is 0.615. The lowest BCUT2D eigenvalue weighted by molar-refractivity contribution is -0.121. The third-order valence-corrected chi connectivity index (χ3v) is 5.30. The number of rotatable bonds is 5. The van der Waals surface area contributed by atoms with Gasteiger partial charge in [-0.2, -0.15) is 0 Å². The maximum absolute atomic E-state index is 12.6. The number of methoxy groups -OCH3 is 1. The van der Waals surface area contributed by atoms with Crippen molar-refractivity contribution in [2.75, 3.05) is 14.2 Å². The number of nitrogens with zero attached hydrogens (tertiary/aromatic N) is 2. The van der Waals surface area contributed by atoms with Gasteiger partial charge < -0.3 is 9.47 Å². The summed E-state index contributed by atoms with van der Waals surface area (Å²) in [4.78, 5) is 19.3. The second-order valence-corrected chi connectivity index (χ2v) is 7.81. The zero-order valence-corrected chi connectivity index (χ0v) is 17.7. The van der Waals surface area contributed by atoms with Gasteiger partial charge in [0.15, 0.2) is 16.7 Å². The lowest BCUT2D eigenvalue weighted by Crippen LogP contribution is -2.23. The average Bonchev–Trinajstić information content (AvgIpc) is 2.92. The van der Waals surface area contributed by atoms with E-state index >= 15 is 0 Å². The molecule has 0 N–H and O–H groups in total. The Kier molecular flexibility index (Phi) is 6.31. The van der Waals surface area contributed by atoms with Gasteiger partial charge in [0.05, 0.1) is 28.8 Å². The van der Waals surface area contributed by atoms with Crippen LogP contribution < -0.4 is 9.47 Å². The highest BCUT2D eigenvalue weighted by Gasteiger charge is 2.30. The molecule has 3 rings (SSSR count). The summed E-state index contributed by atoms with van der Waals surface area (Å²) < 4.78 is 11.2. The monoisotopic (exact) mass is 416 g/mol. The number of para-hydroxylation sites is 1. The van der Waals surface area contributed by atoms with Crippen molar-refractivity contribution in [3.05, 3.63) is 58.0 Å². The number of aliphatic imine (C=N–C) groups is 1. The molecule has 28 heavy (non-hydrogen) atoms. The highest BCUT2D eigenvalue weighted by atomic mass is 35.5. The summed E-state index contributed by atoms with van der Waals surface area (Å²) in [6, 6.07) is 12.9. The lowest BCUT2D eigenvalue weighted by Gasteiger charge is -2.13. The standard InChI is InChI=1S/C21H21ClN2O3S/c1-13(2)27-17-10-9-14(11-18(17)26-4)12-19-20(25)24(3)21(28-19)23-16-8-6-5-7-15(16)22/h5-13H,1-4H3/b19-12+,23-21?. The predicted molar refractivity (Wildman–Crippen MR) is 116 cm³/mol. The van der Waals surface area contributed by atoms with Gasteiger partial charge in [0.25, 0.3) is 5.91 Å². The summed E-state index contributed by atoms with van der Waals surface area (Å²) >= 11 is 7.49. The molecular formula is C21H21ClN2O3S. The number of amides is 1. The summed E-state index contributed by atoms with van der Waals surface area (Å²) in [5, 5.41) is 1.12. The molecule has 0 atom stereocenters. The summed E-state index contributed by atoms with van der Waals surface area (Å²) in [6.07, 6.45) is 1.86. The van der Waals surface area contributed by atoms with Gasteiger partial charge in [-0.3, -0.25) is 9.69 Å². The fourth-order valence-electron chi connectivity index (χ4n) is 2.57. The number of halogens is 1. The number of likely N-dealkylation sites (N-methyl/N-ethyl adjacent to an activating group) is 1. The minimum atomic E-state index is -0.114. The van der Waals surface area contributed by atoms with E-state index in [1.165, 1.54) is 16.7 Å². The van der Waals surface area contributed by atoms with Gasteiger partial charge in [-0.15, -0.1) is 0 Å². The molecular weight excluding hydrogens is 396 g/mol. The average molecular weight is 417 g/mol. The molecule has 146 valence electrons. The molecule has 0 aromatic heterocycles. The van der Waals surface area contributed by atoms with Gasteiger partial charge in [-0.25, -0.2) is 4.99 Å². The molecule has 1 heterocycles. The molecule has 2 aromatic carbocycles. The third kappa shape index (κ3) is 4.51. The van der Waals surface area contributed by atoms with Crippen molar-refractivity contribution in [3.8, 4) is 11.5 Å². The van der Waals surface area contributed by atoms with Crippen LogP contribution in [0.5, 0.6) is 11.5 Å². The zero-order valence-electron chi connectivity index (χ0n) is 16.1. The van der Waals surface area contributed by atoms with Crippen LogP contribution in [0.4, 0.5) is 5.69 Å². The first-order valence-electron chi connectivity index (χ1n) is 8.74. The molecule has 0 bridgehead atoms. The van der Waals surface area contributed by atoms with Crippen LogP contribution in [0.2, 0.25) is 5.02 Å². The Morgan fingerprint density at radius 3 is 2.61 bits per heavy atom. The summed E-state index contributed by atoms with van der Waals surface area (Å²) in [5.74, 6) is 1.18. The third-order valence-electron chi connectivity index (χ3n) is 3.92. The van der Waals surface area contributed by atoms with Crippen LogP contribution in [-0.4, -0.2) is 36.2 Å². The first kappa shape index (κ1) is 20.3. The second kappa shape index (κ2) is 8.71. The molecule has 7 heteroatoms. The van der Waals surface area contributed by atoms with Crippen LogP contribution in [0.3, 0.4) is 0 Å². The zero-order chi connectivity index (χ0) is 20.3. The van der Waals surface area contributed by atoms with E-state index in [0.29, 0.717) is 32.3 Å². The van der Waals surface area contributed by atoms with Crippen LogP contribution in [0, 0.1) is 0 Å². The van der Waals surface area contributed by atoms with Crippen molar-refractivity contribution in [1.29, 1.82) is 0 Å². The normalized spacial score (nSPS) is 17.1. The first-order valence-corrected chi connectivity index (χ1v) is 9.94. The van der Waals surface area contributed by atoms with Crippen molar-refractivity contribution in [2.45, 2.75) is 20.0 Å². The summed E-state index contributed by atoms with van der Waals surface area (Å²) in [7, 11) is 3.29. The largest absolute Gasteiger partial charge is 0.493 e. The summed E-state index contributed by atoms with van der Waals surface area (Å²) in [6.45, 7) is 3.91. The molecule has 5 nitrogen and oxygen atoms in total. The van der Waals surface area contributed by atoms with Gasteiger partial charge >= 0.3 is 0 Å². The smallest absolute Gasteiger partial charge is 0.266 e. The maximum Gasteiger partial charge on any atom is 0.266 e. The molecule has 0 saturated carbocycles. The number of carbonyl (C=O) groups is 1. The number of benzene rings is 2. The van der Waals surface area contributed by atoms with Crippen molar-refractivity contribution < 1.29 is 14.3 Å². The van der Waals surface area contributed by atoms with E-state index in [2.05, 4.69) is 4.99 Å².